The molecule has 0 saturated heterocycles. The number of aliphatic carboxylic acids is 1. The molecule has 0 radical (unpaired) electrons. The topological polar surface area (TPSA) is 327 Å². The van der Waals surface area contributed by atoms with E-state index in [2.05, 4.69) is 37.2 Å². The van der Waals surface area contributed by atoms with Crippen molar-refractivity contribution in [1.82, 2.24) is 37.2 Å². The van der Waals surface area contributed by atoms with Crippen LogP contribution in [-0.4, -0.2) is 107 Å². The highest BCUT2D eigenvalue weighted by Crippen LogP contribution is 2.11. The normalized spacial score (nSPS) is 14.6. The number of nitrogens with two attached hydrogens (primary N) is 2. The molecule has 0 aliphatic carbocycles. The third kappa shape index (κ3) is 18.2. The van der Waals surface area contributed by atoms with Gasteiger partial charge < -0.3 is 53.8 Å². The Labute approximate surface area is 330 Å². The van der Waals surface area contributed by atoms with Crippen LogP contribution >= 0.6 is 0 Å². The zero-order valence-electron chi connectivity index (χ0n) is 32.9. The predicted octanol–water partition coefficient (Wildman–Crippen LogP) is -2.61. The first-order chi connectivity index (χ1) is 26.7. The van der Waals surface area contributed by atoms with Crippen molar-refractivity contribution >= 4 is 59.1 Å². The number of rotatable bonds is 24. The van der Waals surface area contributed by atoms with Crippen LogP contribution in [0.1, 0.15) is 66.4 Å². The van der Waals surface area contributed by atoms with Gasteiger partial charge in [-0.15, -0.1) is 0 Å². The molecule has 12 N–H and O–H groups in total. The molecule has 1 aromatic carbocycles. The van der Waals surface area contributed by atoms with Crippen molar-refractivity contribution < 1.29 is 53.1 Å². The number of nitrogens with one attached hydrogen (secondary N) is 7. The average Bonchev–Trinajstić information content (AvgIpc) is 3.14. The predicted molar refractivity (Wildman–Crippen MR) is 205 cm³/mol. The number of benzene rings is 1. The first-order valence-corrected chi connectivity index (χ1v) is 18.3. The van der Waals surface area contributed by atoms with Gasteiger partial charge in [-0.1, -0.05) is 64.4 Å². The average molecular weight is 802 g/mol. The van der Waals surface area contributed by atoms with Gasteiger partial charge in [0.2, 0.25) is 53.2 Å². The van der Waals surface area contributed by atoms with Crippen molar-refractivity contribution in [3.63, 3.8) is 0 Å². The van der Waals surface area contributed by atoms with Crippen molar-refractivity contribution in [2.24, 2.45) is 23.3 Å². The summed E-state index contributed by atoms with van der Waals surface area (Å²) in [4.78, 5) is 124. The second kappa shape index (κ2) is 24.2. The van der Waals surface area contributed by atoms with Gasteiger partial charge >= 0.3 is 5.97 Å². The van der Waals surface area contributed by atoms with E-state index in [9.17, 15) is 53.1 Å². The Kier molecular flexibility index (Phi) is 20.7. The van der Waals surface area contributed by atoms with Crippen LogP contribution in [0.25, 0.3) is 0 Å². The number of hydrogen-bond acceptors (Lipinski definition) is 10. The summed E-state index contributed by atoms with van der Waals surface area (Å²) >= 11 is 0. The Bertz CT molecular complexity index is 1650. The molecular formula is C37H55N9O11. The maximum Gasteiger partial charge on any atom is 0.326 e. The summed E-state index contributed by atoms with van der Waals surface area (Å²) in [5.41, 5.74) is 11.3. The molecule has 0 unspecified atom stereocenters. The molecule has 7 atom stereocenters. The number of carboxylic acid groups (broad SMARTS) is 1. The molecule has 20 nitrogen and oxygen atoms in total. The van der Waals surface area contributed by atoms with Crippen LogP contribution < -0.4 is 48.7 Å². The molecule has 1 rings (SSSR count). The number of carboxylic acids is 1. The summed E-state index contributed by atoms with van der Waals surface area (Å²) in [5, 5.41) is 26.2. The van der Waals surface area contributed by atoms with Gasteiger partial charge in [-0.3, -0.25) is 43.2 Å². The van der Waals surface area contributed by atoms with Gasteiger partial charge in [0.15, 0.2) is 0 Å². The summed E-state index contributed by atoms with van der Waals surface area (Å²) in [6.07, 6.45) is 1.30. The molecule has 57 heavy (non-hydrogen) atoms. The molecule has 9 amide bonds. The van der Waals surface area contributed by atoms with E-state index in [1.807, 2.05) is 0 Å². The highest BCUT2D eigenvalue weighted by atomic mass is 16.4. The van der Waals surface area contributed by atoms with Gasteiger partial charge in [0.05, 0.1) is 6.54 Å². The van der Waals surface area contributed by atoms with Crippen LogP contribution in [0, 0.1) is 11.8 Å². The summed E-state index contributed by atoms with van der Waals surface area (Å²) in [5.74, 6) is -9.40. The molecule has 0 aliphatic rings. The monoisotopic (exact) mass is 801 g/mol. The lowest BCUT2D eigenvalue weighted by atomic mass is 9.97. The number of hydrogen-bond donors (Lipinski definition) is 10. The molecule has 1 aromatic rings. The molecule has 0 aliphatic heterocycles. The van der Waals surface area contributed by atoms with E-state index in [1.54, 1.807) is 58.0 Å². The second-order valence-electron chi connectivity index (χ2n) is 13.7. The molecule has 0 aromatic heterocycles. The van der Waals surface area contributed by atoms with E-state index in [0.29, 0.717) is 12.0 Å². The van der Waals surface area contributed by atoms with Gasteiger partial charge in [0, 0.05) is 25.0 Å². The quantitative estimate of drug-likeness (QED) is 0.0483. The maximum absolute atomic E-state index is 13.4. The third-order valence-electron chi connectivity index (χ3n) is 8.61. The zero-order valence-corrected chi connectivity index (χ0v) is 32.9. The van der Waals surface area contributed by atoms with Crippen LogP contribution in [0.4, 0.5) is 0 Å². The molecule has 20 heteroatoms. The summed E-state index contributed by atoms with van der Waals surface area (Å²) in [6, 6.07) is 1.38. The number of primary amides is 2. The summed E-state index contributed by atoms with van der Waals surface area (Å²) in [7, 11) is 0. The molecule has 0 saturated carbocycles. The molecule has 0 heterocycles. The zero-order chi connectivity index (χ0) is 43.4. The first-order valence-electron chi connectivity index (χ1n) is 18.3. The van der Waals surface area contributed by atoms with Crippen molar-refractivity contribution in [3.8, 4) is 0 Å². The Hall–Kier alpha value is -6.34. The van der Waals surface area contributed by atoms with Crippen LogP contribution in [0.15, 0.2) is 42.5 Å². The van der Waals surface area contributed by atoms with E-state index in [1.165, 1.54) is 13.8 Å². The number of amides is 9. The minimum absolute atomic E-state index is 0.00993. The summed E-state index contributed by atoms with van der Waals surface area (Å²) < 4.78 is 0. The molecule has 0 spiro atoms. The summed E-state index contributed by atoms with van der Waals surface area (Å²) in [6.45, 7) is 8.84. The number of carbonyl (C=O) groups excluding carboxylic acids is 9. The number of carbonyl (C=O) groups is 10. The van der Waals surface area contributed by atoms with Gasteiger partial charge in [-0.05, 0) is 37.7 Å². The standard InChI is InChI=1S/C37H55N9O11/c1-7-20(4)31(36(55)42-22(6)34(53)45-30(19(2)3)32(39)51)46-35(54)24(13-14-26(38)47)43-28(49)16-15-27(48)41-21(5)33(52)40-18-29(50)44-25(37(56)57)17-23-11-9-8-10-12-23/h8-12,15-16,19-22,24-25,30-31H,7,13-14,17-18H2,1-6H3,(H2,38,47)(H2,39,51)(H,40,52)(H,41,48)(H,42,55)(H,43,49)(H,44,50)(H,45,53)(H,46,54)(H,56,57)/b16-15+/t20-,21-,22-,24-,25-,30-,31-/m0/s1. The highest BCUT2D eigenvalue weighted by Gasteiger charge is 2.32. The molecule has 0 fully saturated rings. The Balaban J connectivity index is 2.86. The Morgan fingerprint density at radius 2 is 1.23 bits per heavy atom. The van der Waals surface area contributed by atoms with E-state index in [4.69, 9.17) is 11.5 Å². The van der Waals surface area contributed by atoms with Gasteiger partial charge in [0.25, 0.3) is 0 Å². The van der Waals surface area contributed by atoms with Crippen LogP contribution in [0.5, 0.6) is 0 Å². The van der Waals surface area contributed by atoms with E-state index >= 15 is 0 Å². The van der Waals surface area contributed by atoms with E-state index in [0.717, 1.165) is 12.2 Å². The fourth-order valence-electron chi connectivity index (χ4n) is 5.04. The van der Waals surface area contributed by atoms with Gasteiger partial charge in [-0.2, -0.15) is 0 Å². The van der Waals surface area contributed by atoms with Crippen molar-refractivity contribution in [1.29, 1.82) is 0 Å². The van der Waals surface area contributed by atoms with Crippen LogP contribution in [0.2, 0.25) is 0 Å². The minimum atomic E-state index is -1.41. The Morgan fingerprint density at radius 3 is 1.75 bits per heavy atom. The van der Waals surface area contributed by atoms with Gasteiger partial charge in [-0.25, -0.2) is 4.79 Å². The molecule has 0 bridgehead atoms. The Morgan fingerprint density at radius 1 is 0.667 bits per heavy atom. The molecule has 314 valence electrons. The van der Waals surface area contributed by atoms with E-state index < -0.39 is 108 Å². The minimum Gasteiger partial charge on any atom is -0.480 e. The molecular weight excluding hydrogens is 746 g/mol. The smallest absolute Gasteiger partial charge is 0.326 e. The third-order valence-corrected chi connectivity index (χ3v) is 8.61. The van der Waals surface area contributed by atoms with Gasteiger partial charge in [0.1, 0.15) is 36.3 Å². The lowest BCUT2D eigenvalue weighted by Crippen LogP contribution is -2.59. The fourth-order valence-corrected chi connectivity index (χ4v) is 5.04. The lowest BCUT2D eigenvalue weighted by molar-refractivity contribution is -0.141. The largest absolute Gasteiger partial charge is 0.480 e. The van der Waals surface area contributed by atoms with Crippen molar-refractivity contribution in [2.75, 3.05) is 6.54 Å². The van der Waals surface area contributed by atoms with Crippen LogP contribution in [-0.2, 0) is 54.4 Å². The second-order valence-corrected chi connectivity index (χ2v) is 13.7. The fraction of sp³-hybridized carbons (Fsp3) is 0.514. The van der Waals surface area contributed by atoms with Crippen LogP contribution in [0.3, 0.4) is 0 Å². The lowest BCUT2D eigenvalue weighted by Gasteiger charge is -2.28. The highest BCUT2D eigenvalue weighted by molar-refractivity contribution is 6.01. The van der Waals surface area contributed by atoms with Crippen molar-refractivity contribution in [3.05, 3.63) is 48.0 Å². The maximum atomic E-state index is 13.4. The van der Waals surface area contributed by atoms with Crippen molar-refractivity contribution in [2.45, 2.75) is 103 Å². The van der Waals surface area contributed by atoms with E-state index in [-0.39, 0.29) is 25.2 Å². The SMILES string of the molecule is CC[C@H](C)[C@H](NC(=O)[C@H](CCC(N)=O)NC(=O)/C=C/C(=O)N[C@@H](C)C(=O)NCC(=O)N[C@@H](Cc1ccccc1)C(=O)O)C(=O)N[C@@H](C)C(=O)N[C@H](C(N)=O)C(C)C. The first kappa shape index (κ1) is 48.7.